The molecule has 16 heavy (non-hydrogen) atoms. The van der Waals surface area contributed by atoms with Crippen LogP contribution in [-0.4, -0.2) is 47.5 Å². The summed E-state index contributed by atoms with van der Waals surface area (Å²) in [7, 11) is 0. The van der Waals surface area contributed by atoms with Crippen LogP contribution in [0.1, 0.15) is 10.5 Å². The number of carbonyl (C=O) groups excluding carboxylic acids is 2. The zero-order chi connectivity index (χ0) is 11.5. The van der Waals surface area contributed by atoms with Crippen LogP contribution in [-0.2, 0) is 4.79 Å². The third-order valence-electron chi connectivity index (χ3n) is 2.49. The molecule has 0 aromatic carbocycles. The molecule has 7 heteroatoms. The first-order valence-corrected chi connectivity index (χ1v) is 4.91. The van der Waals surface area contributed by atoms with Crippen LogP contribution in [0.3, 0.4) is 0 Å². The Labute approximate surface area is 91.6 Å². The quantitative estimate of drug-likeness (QED) is 0.641. The van der Waals surface area contributed by atoms with Crippen LogP contribution in [0.4, 0.5) is 0 Å². The van der Waals surface area contributed by atoms with E-state index in [0.29, 0.717) is 19.6 Å². The van der Waals surface area contributed by atoms with Gasteiger partial charge in [0, 0.05) is 25.7 Å². The summed E-state index contributed by atoms with van der Waals surface area (Å²) in [5, 5.41) is 6.55. The van der Waals surface area contributed by atoms with Gasteiger partial charge in [-0.15, -0.1) is 0 Å². The van der Waals surface area contributed by atoms with Crippen LogP contribution in [0.15, 0.2) is 16.9 Å². The van der Waals surface area contributed by atoms with Crippen molar-refractivity contribution in [3.05, 3.63) is 18.0 Å². The Bertz CT molecular complexity index is 389. The number of hydrogen-bond acceptors (Lipinski definition) is 5. The molecule has 0 spiro atoms. The monoisotopic (exact) mass is 224 g/mol. The molecule has 0 aliphatic carbocycles. The zero-order valence-electron chi connectivity index (χ0n) is 8.55. The second-order valence-electron chi connectivity index (χ2n) is 3.51. The molecule has 1 atom stereocenters. The van der Waals surface area contributed by atoms with Gasteiger partial charge in [0.05, 0.1) is 0 Å². The zero-order valence-corrected chi connectivity index (χ0v) is 8.55. The number of nitrogens with zero attached hydrogens (tertiary/aromatic N) is 2. The van der Waals surface area contributed by atoms with Gasteiger partial charge in [0.1, 0.15) is 12.3 Å². The van der Waals surface area contributed by atoms with E-state index < -0.39 is 11.9 Å². The maximum absolute atomic E-state index is 11.9. The van der Waals surface area contributed by atoms with Gasteiger partial charge in [-0.2, -0.15) is 0 Å². The Morgan fingerprint density at radius 2 is 2.44 bits per heavy atom. The highest BCUT2D eigenvalue weighted by molar-refractivity contribution is 5.95. The van der Waals surface area contributed by atoms with Crippen LogP contribution in [0, 0.1) is 0 Å². The summed E-state index contributed by atoms with van der Waals surface area (Å²) in [6.07, 6.45) is 1.31. The van der Waals surface area contributed by atoms with Gasteiger partial charge < -0.3 is 20.5 Å². The fourth-order valence-corrected chi connectivity index (χ4v) is 1.67. The molecule has 0 bridgehead atoms. The summed E-state index contributed by atoms with van der Waals surface area (Å²) in [6.45, 7) is 1.44. The second-order valence-corrected chi connectivity index (χ2v) is 3.51. The van der Waals surface area contributed by atoms with Gasteiger partial charge in [0.15, 0.2) is 5.69 Å². The Morgan fingerprint density at radius 3 is 3.06 bits per heavy atom. The smallest absolute Gasteiger partial charge is 0.276 e. The Morgan fingerprint density at radius 1 is 1.62 bits per heavy atom. The van der Waals surface area contributed by atoms with E-state index in [1.807, 2.05) is 0 Å². The van der Waals surface area contributed by atoms with Crippen molar-refractivity contribution in [2.45, 2.75) is 6.04 Å². The lowest BCUT2D eigenvalue weighted by Crippen LogP contribution is -2.58. The lowest BCUT2D eigenvalue weighted by atomic mass is 10.1. The molecule has 7 nitrogen and oxygen atoms in total. The van der Waals surface area contributed by atoms with Gasteiger partial charge >= 0.3 is 0 Å². The lowest BCUT2D eigenvalue weighted by Gasteiger charge is -2.33. The summed E-state index contributed by atoms with van der Waals surface area (Å²) in [6, 6.07) is 0.834. The number of piperazine rings is 1. The van der Waals surface area contributed by atoms with Crippen molar-refractivity contribution < 1.29 is 14.1 Å². The van der Waals surface area contributed by atoms with Gasteiger partial charge in [-0.25, -0.2) is 0 Å². The Balaban J connectivity index is 2.17. The molecule has 2 amide bonds. The topological polar surface area (TPSA) is 101 Å². The summed E-state index contributed by atoms with van der Waals surface area (Å²) in [5.74, 6) is -0.858. The molecule has 0 radical (unpaired) electrons. The molecule has 1 aromatic rings. The number of hydrogen-bond donors (Lipinski definition) is 2. The highest BCUT2D eigenvalue weighted by atomic mass is 16.5. The molecule has 1 aliphatic rings. The van der Waals surface area contributed by atoms with Crippen molar-refractivity contribution >= 4 is 11.8 Å². The molecule has 3 N–H and O–H groups in total. The molecule has 1 saturated heterocycles. The van der Waals surface area contributed by atoms with E-state index in [0.717, 1.165) is 0 Å². The first-order valence-electron chi connectivity index (χ1n) is 4.91. The van der Waals surface area contributed by atoms with Crippen molar-refractivity contribution in [1.82, 2.24) is 15.4 Å². The molecule has 1 aromatic heterocycles. The van der Waals surface area contributed by atoms with Crippen LogP contribution < -0.4 is 11.1 Å². The van der Waals surface area contributed by atoms with E-state index in [1.54, 1.807) is 0 Å². The molecule has 1 aliphatic heterocycles. The molecule has 1 unspecified atom stereocenters. The lowest BCUT2D eigenvalue weighted by molar-refractivity contribution is -0.122. The van der Waals surface area contributed by atoms with Crippen LogP contribution in [0.2, 0.25) is 0 Å². The van der Waals surface area contributed by atoms with Crippen LogP contribution >= 0.6 is 0 Å². The second kappa shape index (κ2) is 4.31. The molecule has 2 rings (SSSR count). The number of aromatic nitrogens is 1. The van der Waals surface area contributed by atoms with Crippen LogP contribution in [0.25, 0.3) is 0 Å². The maximum Gasteiger partial charge on any atom is 0.276 e. The van der Waals surface area contributed by atoms with E-state index in [2.05, 4.69) is 15.0 Å². The van der Waals surface area contributed by atoms with Gasteiger partial charge in [-0.1, -0.05) is 5.16 Å². The Kier molecular flexibility index (Phi) is 2.86. The predicted molar refractivity (Wildman–Crippen MR) is 53.4 cm³/mol. The summed E-state index contributed by atoms with van der Waals surface area (Å²) < 4.78 is 4.59. The molecule has 2 heterocycles. The van der Waals surface area contributed by atoms with Crippen molar-refractivity contribution in [2.24, 2.45) is 5.73 Å². The number of primary amides is 1. The molecular formula is C9H12N4O3. The van der Waals surface area contributed by atoms with Gasteiger partial charge in [-0.05, 0) is 0 Å². The van der Waals surface area contributed by atoms with E-state index in [4.69, 9.17) is 5.73 Å². The third kappa shape index (κ3) is 1.89. The minimum Gasteiger partial charge on any atom is -0.368 e. The number of amides is 2. The van der Waals surface area contributed by atoms with Gasteiger partial charge in [0.2, 0.25) is 5.91 Å². The van der Waals surface area contributed by atoms with Gasteiger partial charge in [-0.3, -0.25) is 9.59 Å². The number of nitrogens with one attached hydrogen (secondary N) is 1. The van der Waals surface area contributed by atoms with Crippen molar-refractivity contribution in [3.63, 3.8) is 0 Å². The molecular weight excluding hydrogens is 212 g/mol. The fraction of sp³-hybridized carbons (Fsp3) is 0.444. The average molecular weight is 224 g/mol. The maximum atomic E-state index is 11.9. The normalized spacial score (nSPS) is 20.8. The largest absolute Gasteiger partial charge is 0.368 e. The third-order valence-corrected chi connectivity index (χ3v) is 2.49. The first-order chi connectivity index (χ1) is 7.70. The number of rotatable bonds is 2. The van der Waals surface area contributed by atoms with Crippen molar-refractivity contribution in [2.75, 3.05) is 19.6 Å². The highest BCUT2D eigenvalue weighted by Crippen LogP contribution is 2.08. The van der Waals surface area contributed by atoms with E-state index in [9.17, 15) is 9.59 Å². The Hall–Kier alpha value is -1.89. The molecule has 86 valence electrons. The van der Waals surface area contributed by atoms with Crippen LogP contribution in [0.5, 0.6) is 0 Å². The fourth-order valence-electron chi connectivity index (χ4n) is 1.67. The molecule has 0 saturated carbocycles. The summed E-state index contributed by atoms with van der Waals surface area (Å²) in [5.41, 5.74) is 5.42. The van der Waals surface area contributed by atoms with E-state index >= 15 is 0 Å². The summed E-state index contributed by atoms with van der Waals surface area (Å²) >= 11 is 0. The van der Waals surface area contributed by atoms with Gasteiger partial charge in [0.25, 0.3) is 5.91 Å². The van der Waals surface area contributed by atoms with E-state index in [1.165, 1.54) is 17.2 Å². The standard InChI is InChI=1S/C9H12N4O3/c10-8(14)7-5-11-2-3-13(7)9(15)6-1-4-16-12-6/h1,4,7,11H,2-3,5H2,(H2,10,14). The van der Waals surface area contributed by atoms with Crippen molar-refractivity contribution in [3.8, 4) is 0 Å². The summed E-state index contributed by atoms with van der Waals surface area (Å²) in [4.78, 5) is 24.5. The minimum atomic E-state index is -0.627. The SMILES string of the molecule is NC(=O)C1CNCCN1C(=O)c1ccon1. The highest BCUT2D eigenvalue weighted by Gasteiger charge is 2.32. The minimum absolute atomic E-state index is 0.188. The first kappa shape index (κ1) is 10.6. The van der Waals surface area contributed by atoms with E-state index in [-0.39, 0.29) is 11.6 Å². The average Bonchev–Trinajstić information content (AvgIpc) is 2.81. The molecule has 1 fully saturated rings. The predicted octanol–water partition coefficient (Wildman–Crippen LogP) is -1.43. The number of nitrogens with two attached hydrogens (primary N) is 1. The van der Waals surface area contributed by atoms with Crippen molar-refractivity contribution in [1.29, 1.82) is 0 Å². The number of carbonyl (C=O) groups is 2.